The molecule has 1 N–H and O–H groups in total. The predicted octanol–water partition coefficient (Wildman–Crippen LogP) is 3.20. The van der Waals surface area contributed by atoms with Crippen LogP contribution in [0.2, 0.25) is 0 Å². The van der Waals surface area contributed by atoms with Crippen molar-refractivity contribution in [3.8, 4) is 0 Å². The number of anilines is 1. The van der Waals surface area contributed by atoms with Crippen molar-refractivity contribution in [2.75, 3.05) is 5.32 Å². The molecule has 0 fully saturated rings. The fourth-order valence-corrected chi connectivity index (χ4v) is 1.93. The molecular formula is C12H14IN3. The molecule has 2 rings (SSSR count). The van der Waals surface area contributed by atoms with Gasteiger partial charge in [-0.25, -0.2) is 0 Å². The summed E-state index contributed by atoms with van der Waals surface area (Å²) < 4.78 is 3.09. The van der Waals surface area contributed by atoms with Crippen LogP contribution in [0.1, 0.15) is 18.5 Å². The Morgan fingerprint density at radius 2 is 1.94 bits per heavy atom. The summed E-state index contributed by atoms with van der Waals surface area (Å²) >= 11 is 2.31. The third kappa shape index (κ3) is 2.55. The topological polar surface area (TPSA) is 29.9 Å². The second-order valence-electron chi connectivity index (χ2n) is 3.76. The number of aryl methyl sites for hydroxylation is 1. The summed E-state index contributed by atoms with van der Waals surface area (Å²) in [4.78, 5) is 0. The fourth-order valence-electron chi connectivity index (χ4n) is 1.57. The van der Waals surface area contributed by atoms with Gasteiger partial charge in [-0.2, -0.15) is 5.10 Å². The minimum absolute atomic E-state index is 0.285. The second-order valence-corrected chi connectivity index (χ2v) is 5.00. The van der Waals surface area contributed by atoms with Crippen LogP contribution in [0.5, 0.6) is 0 Å². The lowest BCUT2D eigenvalue weighted by molar-refractivity contribution is 0.750. The first-order valence-corrected chi connectivity index (χ1v) is 6.24. The Morgan fingerprint density at radius 3 is 2.50 bits per heavy atom. The number of nitrogens with one attached hydrogen (secondary N) is 1. The van der Waals surface area contributed by atoms with Crippen LogP contribution in [-0.4, -0.2) is 9.78 Å². The molecule has 1 heterocycles. The maximum atomic E-state index is 4.13. The van der Waals surface area contributed by atoms with Crippen molar-refractivity contribution >= 4 is 28.4 Å². The normalized spacial score (nSPS) is 12.4. The van der Waals surface area contributed by atoms with Crippen LogP contribution < -0.4 is 5.32 Å². The Morgan fingerprint density at radius 1 is 1.25 bits per heavy atom. The minimum Gasteiger partial charge on any atom is -0.364 e. The first kappa shape index (κ1) is 11.4. The molecule has 1 unspecified atom stereocenters. The van der Waals surface area contributed by atoms with Gasteiger partial charge in [-0.05, 0) is 47.2 Å². The van der Waals surface area contributed by atoms with Crippen molar-refractivity contribution in [3.05, 3.63) is 45.7 Å². The highest BCUT2D eigenvalue weighted by Crippen LogP contribution is 2.19. The number of hydrogen-bond donors (Lipinski definition) is 1. The van der Waals surface area contributed by atoms with Crippen molar-refractivity contribution in [3.63, 3.8) is 0 Å². The first-order valence-electron chi connectivity index (χ1n) is 5.17. The van der Waals surface area contributed by atoms with Gasteiger partial charge in [-0.3, -0.25) is 4.68 Å². The van der Waals surface area contributed by atoms with Gasteiger partial charge >= 0.3 is 0 Å². The molecule has 0 saturated heterocycles. The van der Waals surface area contributed by atoms with E-state index in [0.29, 0.717) is 0 Å². The average Bonchev–Trinajstić information content (AvgIpc) is 2.65. The van der Waals surface area contributed by atoms with Gasteiger partial charge in [0.05, 0.1) is 6.20 Å². The molecule has 0 bridgehead atoms. The van der Waals surface area contributed by atoms with Crippen LogP contribution in [0.15, 0.2) is 36.5 Å². The van der Waals surface area contributed by atoms with E-state index in [1.165, 1.54) is 9.13 Å². The van der Waals surface area contributed by atoms with E-state index in [4.69, 9.17) is 0 Å². The standard InChI is InChI=1S/C12H14IN3/c1-9(10-3-5-11(13)6-4-10)15-12-7-8-14-16(12)2/h3-9,15H,1-2H3. The molecule has 2 aromatic rings. The minimum atomic E-state index is 0.285. The van der Waals surface area contributed by atoms with E-state index < -0.39 is 0 Å². The van der Waals surface area contributed by atoms with Crippen LogP contribution >= 0.6 is 22.6 Å². The highest BCUT2D eigenvalue weighted by atomic mass is 127. The molecular weight excluding hydrogens is 313 g/mol. The Kier molecular flexibility index (Phi) is 3.48. The van der Waals surface area contributed by atoms with E-state index in [0.717, 1.165) is 5.82 Å². The van der Waals surface area contributed by atoms with E-state index in [-0.39, 0.29) is 6.04 Å². The summed E-state index contributed by atoms with van der Waals surface area (Å²) in [5.41, 5.74) is 1.28. The highest BCUT2D eigenvalue weighted by molar-refractivity contribution is 14.1. The fraction of sp³-hybridized carbons (Fsp3) is 0.250. The lowest BCUT2D eigenvalue weighted by Gasteiger charge is -2.15. The third-order valence-electron chi connectivity index (χ3n) is 2.56. The Balaban J connectivity index is 2.11. The molecule has 0 aliphatic rings. The lowest BCUT2D eigenvalue weighted by atomic mass is 10.1. The molecule has 4 heteroatoms. The number of benzene rings is 1. The number of nitrogens with zero attached hydrogens (tertiary/aromatic N) is 2. The van der Waals surface area contributed by atoms with Gasteiger partial charge in [-0.15, -0.1) is 0 Å². The molecule has 0 aliphatic heterocycles. The Hall–Kier alpha value is -1.04. The average molecular weight is 327 g/mol. The van der Waals surface area contributed by atoms with Crippen LogP contribution in [-0.2, 0) is 7.05 Å². The number of hydrogen-bond acceptors (Lipinski definition) is 2. The number of rotatable bonds is 3. The van der Waals surface area contributed by atoms with Gasteiger partial charge < -0.3 is 5.32 Å². The van der Waals surface area contributed by atoms with Gasteiger partial charge in [0.1, 0.15) is 5.82 Å². The van der Waals surface area contributed by atoms with E-state index >= 15 is 0 Å². The van der Waals surface area contributed by atoms with E-state index in [9.17, 15) is 0 Å². The van der Waals surface area contributed by atoms with Gasteiger partial charge in [0.25, 0.3) is 0 Å². The monoisotopic (exact) mass is 327 g/mol. The second kappa shape index (κ2) is 4.86. The molecule has 1 aromatic heterocycles. The van der Waals surface area contributed by atoms with Gasteiger partial charge in [0.2, 0.25) is 0 Å². The van der Waals surface area contributed by atoms with Crippen LogP contribution in [0.4, 0.5) is 5.82 Å². The molecule has 0 aliphatic carbocycles. The van der Waals surface area contributed by atoms with Crippen molar-refractivity contribution in [2.24, 2.45) is 7.05 Å². The largest absolute Gasteiger partial charge is 0.364 e. The molecule has 16 heavy (non-hydrogen) atoms. The highest BCUT2D eigenvalue weighted by Gasteiger charge is 2.06. The van der Waals surface area contributed by atoms with Gasteiger partial charge in [-0.1, -0.05) is 12.1 Å². The summed E-state index contributed by atoms with van der Waals surface area (Å²) in [6.45, 7) is 2.15. The lowest BCUT2D eigenvalue weighted by Crippen LogP contribution is -2.09. The summed E-state index contributed by atoms with van der Waals surface area (Å²) in [6.07, 6.45) is 1.79. The SMILES string of the molecule is CC(Nc1ccnn1C)c1ccc(I)cc1. The van der Waals surface area contributed by atoms with Crippen LogP contribution in [0.3, 0.4) is 0 Å². The molecule has 0 amide bonds. The smallest absolute Gasteiger partial charge is 0.124 e. The number of halogens is 1. The molecule has 0 radical (unpaired) electrons. The maximum Gasteiger partial charge on any atom is 0.124 e. The van der Waals surface area contributed by atoms with Crippen molar-refractivity contribution in [1.29, 1.82) is 0 Å². The van der Waals surface area contributed by atoms with E-state index in [1.54, 1.807) is 6.20 Å². The van der Waals surface area contributed by atoms with Crippen molar-refractivity contribution in [1.82, 2.24) is 9.78 Å². The van der Waals surface area contributed by atoms with Crippen LogP contribution in [0.25, 0.3) is 0 Å². The maximum absolute atomic E-state index is 4.13. The Bertz CT molecular complexity index is 461. The summed E-state index contributed by atoms with van der Waals surface area (Å²) in [7, 11) is 1.93. The molecule has 0 spiro atoms. The molecule has 1 aromatic carbocycles. The zero-order valence-electron chi connectivity index (χ0n) is 9.31. The van der Waals surface area contributed by atoms with E-state index in [2.05, 4.69) is 64.2 Å². The summed E-state index contributed by atoms with van der Waals surface area (Å²) in [6, 6.07) is 10.8. The van der Waals surface area contributed by atoms with Crippen molar-refractivity contribution in [2.45, 2.75) is 13.0 Å². The first-order chi connectivity index (χ1) is 7.66. The molecule has 84 valence electrons. The summed E-state index contributed by atoms with van der Waals surface area (Å²) in [5.74, 6) is 1.03. The summed E-state index contributed by atoms with van der Waals surface area (Å²) in [5, 5.41) is 7.55. The molecule has 1 atom stereocenters. The number of aromatic nitrogens is 2. The molecule has 0 saturated carbocycles. The van der Waals surface area contributed by atoms with Crippen molar-refractivity contribution < 1.29 is 0 Å². The van der Waals surface area contributed by atoms with Gasteiger partial charge in [0, 0.05) is 22.7 Å². The van der Waals surface area contributed by atoms with Gasteiger partial charge in [0.15, 0.2) is 0 Å². The zero-order valence-corrected chi connectivity index (χ0v) is 11.5. The zero-order chi connectivity index (χ0) is 11.5. The molecule has 3 nitrogen and oxygen atoms in total. The van der Waals surface area contributed by atoms with E-state index in [1.807, 2.05) is 17.8 Å². The third-order valence-corrected chi connectivity index (χ3v) is 3.27. The quantitative estimate of drug-likeness (QED) is 0.878. The predicted molar refractivity (Wildman–Crippen MR) is 74.4 cm³/mol. The van der Waals surface area contributed by atoms with Crippen LogP contribution in [0, 0.1) is 3.57 Å². The Labute approximate surface area is 109 Å².